The van der Waals surface area contributed by atoms with Crippen molar-refractivity contribution in [1.82, 2.24) is 9.47 Å². The highest BCUT2D eigenvalue weighted by molar-refractivity contribution is 5.99. The van der Waals surface area contributed by atoms with Crippen molar-refractivity contribution in [1.29, 1.82) is 0 Å². The van der Waals surface area contributed by atoms with E-state index in [1.54, 1.807) is 0 Å². The molecule has 0 spiro atoms. The minimum Gasteiger partial charge on any atom is -0.486 e. The van der Waals surface area contributed by atoms with Gasteiger partial charge in [-0.05, 0) is 45.9 Å². The van der Waals surface area contributed by atoms with E-state index >= 15 is 0 Å². The van der Waals surface area contributed by atoms with Crippen LogP contribution in [-0.2, 0) is 4.74 Å². The average Bonchev–Trinajstić information content (AvgIpc) is 2.95. The Balaban J connectivity index is 1.58. The highest BCUT2D eigenvalue weighted by atomic mass is 16.6. The number of aryl methyl sites for hydroxylation is 1. The van der Waals surface area contributed by atoms with Crippen LogP contribution in [-0.4, -0.2) is 60.3 Å². The number of aromatic nitrogens is 1. The maximum Gasteiger partial charge on any atom is 0.178 e. The molecule has 0 saturated carbocycles. The van der Waals surface area contributed by atoms with Crippen LogP contribution in [0.2, 0.25) is 0 Å². The van der Waals surface area contributed by atoms with Crippen LogP contribution in [0.25, 0.3) is 5.69 Å². The summed E-state index contributed by atoms with van der Waals surface area (Å²) in [7, 11) is 0. The van der Waals surface area contributed by atoms with Crippen molar-refractivity contribution in [3.05, 3.63) is 41.2 Å². The van der Waals surface area contributed by atoms with Gasteiger partial charge in [-0.3, -0.25) is 9.69 Å². The zero-order valence-electron chi connectivity index (χ0n) is 17.0. The third kappa shape index (κ3) is 3.66. The van der Waals surface area contributed by atoms with Crippen molar-refractivity contribution in [2.45, 2.75) is 39.9 Å². The van der Waals surface area contributed by atoms with E-state index in [4.69, 9.17) is 14.2 Å². The second kappa shape index (κ2) is 7.60. The Morgan fingerprint density at radius 1 is 1.04 bits per heavy atom. The fourth-order valence-corrected chi connectivity index (χ4v) is 4.32. The molecule has 0 aliphatic carbocycles. The van der Waals surface area contributed by atoms with Gasteiger partial charge in [-0.25, -0.2) is 0 Å². The number of fused-ring (bicyclic) bond motifs is 1. The zero-order chi connectivity index (χ0) is 19.8. The predicted molar refractivity (Wildman–Crippen MR) is 107 cm³/mol. The molecule has 2 atom stereocenters. The summed E-state index contributed by atoms with van der Waals surface area (Å²) >= 11 is 0. The van der Waals surface area contributed by atoms with E-state index in [9.17, 15) is 4.79 Å². The van der Waals surface area contributed by atoms with E-state index in [-0.39, 0.29) is 18.0 Å². The second-order valence-corrected chi connectivity index (χ2v) is 7.82. The number of hydrogen-bond acceptors (Lipinski definition) is 5. The molecule has 6 nitrogen and oxygen atoms in total. The molecular weight excluding hydrogens is 356 g/mol. The molecule has 150 valence electrons. The molecule has 6 heteroatoms. The minimum absolute atomic E-state index is 0.151. The molecule has 0 bridgehead atoms. The second-order valence-electron chi connectivity index (χ2n) is 7.82. The normalized spacial score (nSPS) is 22.3. The third-order valence-electron chi connectivity index (χ3n) is 5.38. The van der Waals surface area contributed by atoms with Crippen LogP contribution in [0.1, 0.15) is 35.6 Å². The molecule has 1 fully saturated rings. The van der Waals surface area contributed by atoms with Crippen LogP contribution in [0, 0.1) is 13.8 Å². The smallest absolute Gasteiger partial charge is 0.178 e. The van der Waals surface area contributed by atoms with Gasteiger partial charge in [0, 0.05) is 41.8 Å². The maximum absolute atomic E-state index is 13.0. The summed E-state index contributed by atoms with van der Waals surface area (Å²) in [5.41, 5.74) is 3.74. The van der Waals surface area contributed by atoms with Crippen molar-refractivity contribution in [2.24, 2.45) is 0 Å². The van der Waals surface area contributed by atoms with Crippen LogP contribution in [0.15, 0.2) is 24.3 Å². The lowest BCUT2D eigenvalue weighted by molar-refractivity contribution is -0.0652. The number of benzene rings is 1. The molecule has 2 aliphatic rings. The lowest BCUT2D eigenvalue weighted by atomic mass is 10.1. The fraction of sp³-hybridized carbons (Fsp3) is 0.500. The van der Waals surface area contributed by atoms with Crippen molar-refractivity contribution >= 4 is 5.78 Å². The Morgan fingerprint density at radius 3 is 2.43 bits per heavy atom. The van der Waals surface area contributed by atoms with Gasteiger partial charge in [0.1, 0.15) is 13.2 Å². The van der Waals surface area contributed by atoms with Crippen molar-refractivity contribution in [3.8, 4) is 17.2 Å². The number of carbonyl (C=O) groups excluding carboxylic acids is 1. The van der Waals surface area contributed by atoms with E-state index in [0.29, 0.717) is 19.8 Å². The SMILES string of the molecule is Cc1cc(C(=O)CN2CC(C)OC(C)C2)c(C)n1-c1ccc2c(c1)OCCO2. The van der Waals surface area contributed by atoms with Crippen LogP contribution in [0.5, 0.6) is 11.5 Å². The highest BCUT2D eigenvalue weighted by Crippen LogP contribution is 2.33. The van der Waals surface area contributed by atoms with Crippen LogP contribution in [0.3, 0.4) is 0 Å². The number of ketones is 1. The molecule has 0 amide bonds. The Labute approximate surface area is 166 Å². The third-order valence-corrected chi connectivity index (χ3v) is 5.38. The molecule has 3 heterocycles. The first-order valence-electron chi connectivity index (χ1n) is 9.92. The molecule has 2 aliphatic heterocycles. The molecule has 0 N–H and O–H groups in total. The molecule has 2 unspecified atom stereocenters. The number of ether oxygens (including phenoxy) is 3. The molecule has 1 saturated heterocycles. The summed E-state index contributed by atoms with van der Waals surface area (Å²) in [5, 5.41) is 0. The molecule has 0 radical (unpaired) electrons. The van der Waals surface area contributed by atoms with E-state index in [1.165, 1.54) is 0 Å². The lowest BCUT2D eigenvalue weighted by Gasteiger charge is -2.34. The number of morpholine rings is 1. The summed E-state index contributed by atoms with van der Waals surface area (Å²) in [5.74, 6) is 1.67. The number of hydrogen-bond donors (Lipinski definition) is 0. The Kier molecular flexibility index (Phi) is 5.17. The molecule has 2 aromatic rings. The molecule has 1 aromatic carbocycles. The van der Waals surface area contributed by atoms with Gasteiger partial charge < -0.3 is 18.8 Å². The van der Waals surface area contributed by atoms with Crippen molar-refractivity contribution in [2.75, 3.05) is 32.8 Å². The van der Waals surface area contributed by atoms with Gasteiger partial charge in [-0.2, -0.15) is 0 Å². The first kappa shape index (κ1) is 19.0. The standard InChI is InChI=1S/C22H28N2O4/c1-14-9-19(20(25)13-23-11-15(2)28-16(3)12-23)17(4)24(14)18-5-6-21-22(10-18)27-8-7-26-21/h5-6,9-10,15-16H,7-8,11-13H2,1-4H3. The van der Waals surface area contributed by atoms with Crippen molar-refractivity contribution in [3.63, 3.8) is 0 Å². The van der Waals surface area contributed by atoms with Gasteiger partial charge in [0.15, 0.2) is 17.3 Å². The topological polar surface area (TPSA) is 52.9 Å². The van der Waals surface area contributed by atoms with Crippen molar-refractivity contribution < 1.29 is 19.0 Å². The van der Waals surface area contributed by atoms with E-state index in [2.05, 4.69) is 23.3 Å². The summed E-state index contributed by atoms with van der Waals surface area (Å²) in [6.07, 6.45) is 0.309. The molecular formula is C22H28N2O4. The largest absolute Gasteiger partial charge is 0.486 e. The number of Topliss-reactive ketones (excluding diaryl/α,β-unsaturated/α-hetero) is 1. The van der Waals surface area contributed by atoms with Gasteiger partial charge in [0.25, 0.3) is 0 Å². The minimum atomic E-state index is 0.151. The fourth-order valence-electron chi connectivity index (χ4n) is 4.32. The van der Waals surface area contributed by atoms with E-state index < -0.39 is 0 Å². The predicted octanol–water partition coefficient (Wildman–Crippen LogP) is 3.16. The first-order chi connectivity index (χ1) is 13.4. The van der Waals surface area contributed by atoms with E-state index in [0.717, 1.165) is 47.2 Å². The van der Waals surface area contributed by atoms with Crippen LogP contribution in [0.4, 0.5) is 0 Å². The Bertz CT molecular complexity index is 879. The Morgan fingerprint density at radius 2 is 1.71 bits per heavy atom. The Hall–Kier alpha value is -2.31. The summed E-state index contributed by atoms with van der Waals surface area (Å²) in [6, 6.07) is 7.91. The molecule has 4 rings (SSSR count). The van der Waals surface area contributed by atoms with Gasteiger partial charge in [0.05, 0.1) is 18.8 Å². The maximum atomic E-state index is 13.0. The monoisotopic (exact) mass is 384 g/mol. The highest BCUT2D eigenvalue weighted by Gasteiger charge is 2.26. The average molecular weight is 384 g/mol. The van der Waals surface area contributed by atoms with Gasteiger partial charge in [0.2, 0.25) is 0 Å². The number of carbonyl (C=O) groups is 1. The molecule has 1 aromatic heterocycles. The van der Waals surface area contributed by atoms with Gasteiger partial charge in [-0.1, -0.05) is 0 Å². The van der Waals surface area contributed by atoms with Gasteiger partial charge in [-0.15, -0.1) is 0 Å². The van der Waals surface area contributed by atoms with E-state index in [1.807, 2.05) is 38.1 Å². The summed E-state index contributed by atoms with van der Waals surface area (Å²) in [6.45, 7) is 11.3. The molecule has 28 heavy (non-hydrogen) atoms. The van der Waals surface area contributed by atoms with Gasteiger partial charge >= 0.3 is 0 Å². The van der Waals surface area contributed by atoms with Crippen LogP contribution < -0.4 is 9.47 Å². The first-order valence-corrected chi connectivity index (χ1v) is 9.92. The number of rotatable bonds is 4. The summed E-state index contributed by atoms with van der Waals surface area (Å²) < 4.78 is 19.2. The van der Waals surface area contributed by atoms with Crippen LogP contribution >= 0.6 is 0 Å². The number of nitrogens with zero attached hydrogens (tertiary/aromatic N) is 2. The summed E-state index contributed by atoms with van der Waals surface area (Å²) in [4.78, 5) is 15.2. The quantitative estimate of drug-likeness (QED) is 0.758. The zero-order valence-corrected chi connectivity index (χ0v) is 17.0. The lowest BCUT2D eigenvalue weighted by Crippen LogP contribution is -2.47.